The molecule has 0 spiro atoms. The maximum absolute atomic E-state index is 13.7. The molecule has 0 aromatic heterocycles. The molecule has 0 aliphatic heterocycles. The minimum absolute atomic E-state index is 0.0106. The first-order valence-electron chi connectivity index (χ1n) is 15.7. The van der Waals surface area contributed by atoms with Crippen LogP contribution in [-0.2, 0) is 29.2 Å². The largest absolute Gasteiger partial charge is 0.487 e. The standard InChI is InChI=1S/C18H17Br2FN2O4.C18H18Cl2FNO3/c1-2-22-13-4-10(3-12(21)7-13)9-27-17-14(19)5-11(6-15(17)20)18(26)23-8-16(24)25;1-2-22-14-6-12(5-13(21)9-14)10-25-18-15(19)7-11(8-16(18)20)3-4-17(23)24/h3-7,22H,2,8-9H2,1H3,(H,23,26)(H,24,25);5-9,22H,2-4,10H2,1H3,(H,23,24). The number of hydrogen-bond donors (Lipinski definition) is 5. The zero-order valence-electron chi connectivity index (χ0n) is 27.9. The number of halogens is 6. The van der Waals surface area contributed by atoms with Gasteiger partial charge < -0.3 is 35.6 Å². The van der Waals surface area contributed by atoms with Crippen molar-refractivity contribution in [2.24, 2.45) is 0 Å². The van der Waals surface area contributed by atoms with Crippen molar-refractivity contribution in [3.8, 4) is 11.5 Å². The number of nitrogens with one attached hydrogen (secondary N) is 3. The molecule has 0 radical (unpaired) electrons. The van der Waals surface area contributed by atoms with Gasteiger partial charge in [-0.1, -0.05) is 23.2 Å². The molecule has 0 saturated heterocycles. The first-order chi connectivity index (χ1) is 24.7. The second kappa shape index (κ2) is 20.8. The lowest BCUT2D eigenvalue weighted by molar-refractivity contribution is -0.137. The number of carboxylic acids is 2. The highest BCUT2D eigenvalue weighted by Crippen LogP contribution is 2.36. The number of aryl methyl sites for hydroxylation is 1. The van der Waals surface area contributed by atoms with E-state index in [1.807, 2.05) is 13.8 Å². The van der Waals surface area contributed by atoms with Crippen LogP contribution in [0.15, 0.2) is 69.6 Å². The van der Waals surface area contributed by atoms with Gasteiger partial charge in [0.05, 0.1) is 19.0 Å². The van der Waals surface area contributed by atoms with Crippen molar-refractivity contribution in [1.29, 1.82) is 0 Å². The number of amides is 1. The summed E-state index contributed by atoms with van der Waals surface area (Å²) in [6, 6.07) is 15.5. The number of carboxylic acid groups (broad SMARTS) is 2. The average Bonchev–Trinajstić information content (AvgIpc) is 3.05. The van der Waals surface area contributed by atoms with E-state index in [0.717, 1.165) is 0 Å². The Morgan fingerprint density at radius 2 is 1.17 bits per heavy atom. The summed E-state index contributed by atoms with van der Waals surface area (Å²) in [5, 5.41) is 26.3. The Morgan fingerprint density at radius 3 is 1.62 bits per heavy atom. The van der Waals surface area contributed by atoms with Crippen molar-refractivity contribution < 1.29 is 42.9 Å². The van der Waals surface area contributed by atoms with Crippen LogP contribution in [0.4, 0.5) is 20.2 Å². The molecule has 0 unspecified atom stereocenters. The molecule has 0 aliphatic carbocycles. The number of rotatable bonds is 16. The highest BCUT2D eigenvalue weighted by molar-refractivity contribution is 9.11. The van der Waals surface area contributed by atoms with Gasteiger partial charge in [-0.3, -0.25) is 14.4 Å². The van der Waals surface area contributed by atoms with Gasteiger partial charge in [-0.05, 0) is 129 Å². The van der Waals surface area contributed by atoms with E-state index in [1.54, 1.807) is 24.3 Å². The summed E-state index contributed by atoms with van der Waals surface area (Å²) in [4.78, 5) is 33.2. The zero-order chi connectivity index (χ0) is 38.4. The summed E-state index contributed by atoms with van der Waals surface area (Å²) >= 11 is 19.0. The summed E-state index contributed by atoms with van der Waals surface area (Å²) in [7, 11) is 0. The van der Waals surface area contributed by atoms with E-state index in [0.29, 0.717) is 62.3 Å². The third-order valence-electron chi connectivity index (χ3n) is 6.79. The zero-order valence-corrected chi connectivity index (χ0v) is 32.6. The van der Waals surface area contributed by atoms with Crippen molar-refractivity contribution in [2.75, 3.05) is 30.3 Å². The van der Waals surface area contributed by atoms with E-state index in [-0.39, 0.29) is 52.6 Å². The fourth-order valence-electron chi connectivity index (χ4n) is 4.62. The number of aliphatic carboxylic acids is 2. The second-order valence-corrected chi connectivity index (χ2v) is 13.5. The van der Waals surface area contributed by atoms with Gasteiger partial charge in [0.2, 0.25) is 0 Å². The van der Waals surface area contributed by atoms with Gasteiger partial charge in [0.15, 0.2) is 5.75 Å². The molecule has 10 nitrogen and oxygen atoms in total. The van der Waals surface area contributed by atoms with Gasteiger partial charge >= 0.3 is 11.9 Å². The molecule has 0 saturated carbocycles. The summed E-state index contributed by atoms with van der Waals surface area (Å²) in [5.41, 5.74) is 3.60. The highest BCUT2D eigenvalue weighted by Gasteiger charge is 2.15. The van der Waals surface area contributed by atoms with E-state index in [2.05, 4.69) is 47.8 Å². The van der Waals surface area contributed by atoms with Crippen LogP contribution in [-0.4, -0.2) is 47.7 Å². The summed E-state index contributed by atoms with van der Waals surface area (Å²) in [6.07, 6.45) is 0.314. The van der Waals surface area contributed by atoms with Crippen molar-refractivity contribution in [3.63, 3.8) is 0 Å². The van der Waals surface area contributed by atoms with Crippen molar-refractivity contribution in [2.45, 2.75) is 39.9 Å². The van der Waals surface area contributed by atoms with Crippen LogP contribution in [0.25, 0.3) is 0 Å². The minimum atomic E-state index is -1.13. The summed E-state index contributed by atoms with van der Waals surface area (Å²) < 4.78 is 39.8. The van der Waals surface area contributed by atoms with Crippen LogP contribution in [0.1, 0.15) is 47.3 Å². The molecule has 0 bridgehead atoms. The number of anilines is 2. The highest BCUT2D eigenvalue weighted by atomic mass is 79.9. The second-order valence-electron chi connectivity index (χ2n) is 11.0. The Hall–Kier alpha value is -4.11. The Labute approximate surface area is 326 Å². The molecular formula is C36H35Br2Cl2F2N3O7. The van der Waals surface area contributed by atoms with Gasteiger partial charge in [0.1, 0.15) is 37.1 Å². The van der Waals surface area contributed by atoms with Crippen LogP contribution < -0.4 is 25.4 Å². The van der Waals surface area contributed by atoms with Gasteiger partial charge in [-0.25, -0.2) is 8.78 Å². The molecule has 4 rings (SSSR count). The fourth-order valence-corrected chi connectivity index (χ4v) is 6.68. The Balaban J connectivity index is 0.000000281. The normalized spacial score (nSPS) is 10.5. The van der Waals surface area contributed by atoms with Crippen LogP contribution in [0, 0.1) is 11.6 Å². The first-order valence-corrected chi connectivity index (χ1v) is 18.0. The Kier molecular flexibility index (Phi) is 16.9. The smallest absolute Gasteiger partial charge is 0.322 e. The van der Waals surface area contributed by atoms with E-state index < -0.39 is 24.4 Å². The molecule has 0 fully saturated rings. The average molecular weight is 890 g/mol. The van der Waals surface area contributed by atoms with Crippen LogP contribution in [0.5, 0.6) is 11.5 Å². The van der Waals surface area contributed by atoms with E-state index in [9.17, 15) is 23.2 Å². The Morgan fingerprint density at radius 1 is 0.692 bits per heavy atom. The minimum Gasteiger partial charge on any atom is -0.487 e. The monoisotopic (exact) mass is 887 g/mol. The molecule has 278 valence electrons. The lowest BCUT2D eigenvalue weighted by Gasteiger charge is -2.13. The molecule has 5 N–H and O–H groups in total. The molecule has 4 aromatic carbocycles. The third kappa shape index (κ3) is 13.8. The molecular weight excluding hydrogens is 855 g/mol. The molecule has 0 heterocycles. The molecule has 1 amide bonds. The summed E-state index contributed by atoms with van der Waals surface area (Å²) in [5.74, 6) is -2.54. The molecule has 52 heavy (non-hydrogen) atoms. The number of ether oxygens (including phenoxy) is 2. The fraction of sp³-hybridized carbons (Fsp3) is 0.250. The van der Waals surface area contributed by atoms with Crippen molar-refractivity contribution in [1.82, 2.24) is 5.32 Å². The maximum Gasteiger partial charge on any atom is 0.322 e. The van der Waals surface area contributed by atoms with Crippen LogP contribution in [0.2, 0.25) is 10.0 Å². The van der Waals surface area contributed by atoms with Gasteiger partial charge in [0.25, 0.3) is 5.91 Å². The number of hydrogen-bond acceptors (Lipinski definition) is 7. The number of benzene rings is 4. The van der Waals surface area contributed by atoms with E-state index in [1.165, 1.54) is 36.4 Å². The van der Waals surface area contributed by atoms with Crippen molar-refractivity contribution in [3.05, 3.63) is 114 Å². The van der Waals surface area contributed by atoms with Gasteiger partial charge in [-0.15, -0.1) is 0 Å². The molecule has 4 aromatic rings. The maximum atomic E-state index is 13.7. The quantitative estimate of drug-likeness (QED) is 0.0743. The van der Waals surface area contributed by atoms with E-state index >= 15 is 0 Å². The topological polar surface area (TPSA) is 146 Å². The lowest BCUT2D eigenvalue weighted by atomic mass is 10.1. The van der Waals surface area contributed by atoms with Crippen molar-refractivity contribution >= 4 is 84.3 Å². The van der Waals surface area contributed by atoms with Gasteiger partial charge in [-0.2, -0.15) is 0 Å². The van der Waals surface area contributed by atoms with Crippen LogP contribution >= 0.6 is 55.1 Å². The van der Waals surface area contributed by atoms with E-state index in [4.69, 9.17) is 42.9 Å². The predicted octanol–water partition coefficient (Wildman–Crippen LogP) is 9.34. The Bertz CT molecular complexity index is 1860. The predicted molar refractivity (Wildman–Crippen MR) is 204 cm³/mol. The first kappa shape index (κ1) is 42.3. The SMILES string of the molecule is CCNc1cc(F)cc(COc2c(Br)cc(C(=O)NCC(=O)O)cc2Br)c1.CCNc1cc(F)cc(COc2c(Cl)cc(CCC(=O)O)cc2Cl)c1. The number of carbonyl (C=O) groups is 3. The third-order valence-corrected chi connectivity index (χ3v) is 8.53. The lowest BCUT2D eigenvalue weighted by Crippen LogP contribution is -2.29. The van der Waals surface area contributed by atoms with Gasteiger partial charge in [0, 0.05) is 36.4 Å². The van der Waals surface area contributed by atoms with Crippen LogP contribution in [0.3, 0.4) is 0 Å². The summed E-state index contributed by atoms with van der Waals surface area (Å²) in [6.45, 7) is 4.95. The number of carbonyl (C=O) groups excluding carboxylic acids is 1. The molecule has 16 heteroatoms. The molecule has 0 atom stereocenters. The molecule has 0 aliphatic rings.